The van der Waals surface area contributed by atoms with Crippen LogP contribution in [-0.2, 0) is 10.2 Å². The van der Waals surface area contributed by atoms with Gasteiger partial charge < -0.3 is 5.73 Å². The van der Waals surface area contributed by atoms with Gasteiger partial charge in [-0.2, -0.15) is 12.7 Å². The average Bonchev–Trinajstić information content (AvgIpc) is 2.51. The minimum Gasteiger partial charge on any atom is -0.329 e. The zero-order valence-corrected chi connectivity index (χ0v) is 10.8. The van der Waals surface area contributed by atoms with Crippen LogP contribution in [0.25, 0.3) is 0 Å². The summed E-state index contributed by atoms with van der Waals surface area (Å²) in [5.41, 5.74) is 5.65. The number of hydrogen-bond donors (Lipinski definition) is 2. The Bertz CT molecular complexity index is 292. The molecule has 96 valence electrons. The molecular weight excluding hydrogens is 226 g/mol. The van der Waals surface area contributed by atoms with Crippen LogP contribution in [0.4, 0.5) is 0 Å². The third kappa shape index (κ3) is 3.69. The standard InChI is InChI=1S/C10H23N3O2S/c1-2-7-12-16(14,15)13-8-5-3-4-6-10(13)9-11/h10,12H,2-9,11H2,1H3. The second-order valence-electron chi connectivity index (χ2n) is 4.25. The van der Waals surface area contributed by atoms with Gasteiger partial charge >= 0.3 is 0 Å². The Kier molecular flexibility index (Phi) is 5.68. The Hall–Kier alpha value is -0.170. The first-order valence-electron chi connectivity index (χ1n) is 6.08. The molecule has 0 amide bonds. The lowest BCUT2D eigenvalue weighted by Gasteiger charge is -2.28. The number of nitrogens with two attached hydrogens (primary N) is 1. The van der Waals surface area contributed by atoms with Crippen LogP contribution in [0.1, 0.15) is 39.0 Å². The Morgan fingerprint density at radius 3 is 2.75 bits per heavy atom. The second-order valence-corrected chi connectivity index (χ2v) is 5.96. The monoisotopic (exact) mass is 249 g/mol. The maximum atomic E-state index is 12.0. The van der Waals surface area contributed by atoms with E-state index >= 15 is 0 Å². The fourth-order valence-corrected chi connectivity index (χ4v) is 3.60. The number of rotatable bonds is 5. The lowest BCUT2D eigenvalue weighted by Crippen LogP contribution is -2.49. The molecule has 1 atom stereocenters. The zero-order valence-electron chi connectivity index (χ0n) is 9.98. The Balaban J connectivity index is 2.72. The molecule has 0 aromatic rings. The van der Waals surface area contributed by atoms with Gasteiger partial charge in [-0.15, -0.1) is 0 Å². The topological polar surface area (TPSA) is 75.4 Å². The molecule has 5 nitrogen and oxygen atoms in total. The van der Waals surface area contributed by atoms with Crippen molar-refractivity contribution < 1.29 is 8.42 Å². The van der Waals surface area contributed by atoms with Gasteiger partial charge in [0.2, 0.25) is 0 Å². The quantitative estimate of drug-likeness (QED) is 0.742. The zero-order chi connectivity index (χ0) is 12.0. The summed E-state index contributed by atoms with van der Waals surface area (Å²) < 4.78 is 28.2. The first-order valence-corrected chi connectivity index (χ1v) is 7.52. The van der Waals surface area contributed by atoms with Crippen molar-refractivity contribution in [3.05, 3.63) is 0 Å². The van der Waals surface area contributed by atoms with E-state index in [0.717, 1.165) is 32.1 Å². The molecule has 0 aromatic carbocycles. The van der Waals surface area contributed by atoms with Gasteiger partial charge in [0, 0.05) is 25.7 Å². The fraction of sp³-hybridized carbons (Fsp3) is 1.00. The van der Waals surface area contributed by atoms with Gasteiger partial charge in [-0.1, -0.05) is 19.8 Å². The van der Waals surface area contributed by atoms with Crippen LogP contribution in [0.5, 0.6) is 0 Å². The highest BCUT2D eigenvalue weighted by atomic mass is 32.2. The summed E-state index contributed by atoms with van der Waals surface area (Å²) in [6.07, 6.45) is 4.78. The Morgan fingerprint density at radius 1 is 1.38 bits per heavy atom. The van der Waals surface area contributed by atoms with Gasteiger partial charge in [0.25, 0.3) is 10.2 Å². The third-order valence-corrected chi connectivity index (χ3v) is 4.61. The van der Waals surface area contributed by atoms with E-state index < -0.39 is 10.2 Å². The summed E-state index contributed by atoms with van der Waals surface area (Å²) in [6.45, 7) is 3.45. The van der Waals surface area contributed by atoms with Crippen LogP contribution in [0.15, 0.2) is 0 Å². The van der Waals surface area contributed by atoms with Gasteiger partial charge in [-0.3, -0.25) is 0 Å². The Labute approximate surface area is 98.6 Å². The molecular formula is C10H23N3O2S. The molecule has 0 aromatic heterocycles. The molecule has 1 heterocycles. The van der Waals surface area contributed by atoms with E-state index in [2.05, 4.69) is 4.72 Å². The highest BCUT2D eigenvalue weighted by Gasteiger charge is 2.29. The van der Waals surface area contributed by atoms with Crippen molar-refractivity contribution in [2.45, 2.75) is 45.1 Å². The summed E-state index contributed by atoms with van der Waals surface area (Å²) in [5.74, 6) is 0. The molecule has 0 bridgehead atoms. The second kappa shape index (κ2) is 6.54. The molecule has 0 saturated carbocycles. The highest BCUT2D eigenvalue weighted by molar-refractivity contribution is 7.87. The third-order valence-electron chi connectivity index (χ3n) is 2.94. The van der Waals surface area contributed by atoms with E-state index in [-0.39, 0.29) is 6.04 Å². The van der Waals surface area contributed by atoms with E-state index in [0.29, 0.717) is 19.6 Å². The minimum absolute atomic E-state index is 0.0307. The van der Waals surface area contributed by atoms with E-state index in [1.54, 1.807) is 4.31 Å². The van der Waals surface area contributed by atoms with Crippen molar-refractivity contribution in [3.63, 3.8) is 0 Å². The molecule has 6 heteroatoms. The van der Waals surface area contributed by atoms with Crippen LogP contribution in [0.3, 0.4) is 0 Å². The van der Waals surface area contributed by atoms with Crippen molar-refractivity contribution in [2.24, 2.45) is 5.73 Å². The summed E-state index contributed by atoms with van der Waals surface area (Å²) in [6, 6.07) is -0.0307. The molecule has 0 aliphatic carbocycles. The normalized spacial score (nSPS) is 24.2. The largest absolute Gasteiger partial charge is 0.329 e. The molecule has 0 radical (unpaired) electrons. The summed E-state index contributed by atoms with van der Waals surface area (Å²) in [5, 5.41) is 0. The summed E-state index contributed by atoms with van der Waals surface area (Å²) in [4.78, 5) is 0. The number of nitrogens with zero attached hydrogens (tertiary/aromatic N) is 1. The van der Waals surface area contributed by atoms with Gasteiger partial charge in [0.15, 0.2) is 0 Å². The van der Waals surface area contributed by atoms with Gasteiger partial charge in [0.05, 0.1) is 0 Å². The van der Waals surface area contributed by atoms with E-state index in [4.69, 9.17) is 5.73 Å². The fourth-order valence-electron chi connectivity index (χ4n) is 2.02. The lowest BCUT2D eigenvalue weighted by molar-refractivity contribution is 0.323. The number of nitrogens with one attached hydrogen (secondary N) is 1. The van der Waals surface area contributed by atoms with Crippen LogP contribution >= 0.6 is 0 Å². The first kappa shape index (κ1) is 13.9. The molecule has 0 spiro atoms. The molecule has 3 N–H and O–H groups in total. The molecule has 1 unspecified atom stereocenters. The van der Waals surface area contributed by atoms with E-state index in [1.807, 2.05) is 6.92 Å². The van der Waals surface area contributed by atoms with Crippen molar-refractivity contribution in [2.75, 3.05) is 19.6 Å². The van der Waals surface area contributed by atoms with Gasteiger partial charge in [-0.25, -0.2) is 4.72 Å². The molecule has 1 fully saturated rings. The predicted molar refractivity (Wildman–Crippen MR) is 65.2 cm³/mol. The molecule has 16 heavy (non-hydrogen) atoms. The number of hydrogen-bond acceptors (Lipinski definition) is 3. The van der Waals surface area contributed by atoms with Gasteiger partial charge in [-0.05, 0) is 19.3 Å². The lowest BCUT2D eigenvalue weighted by atomic mass is 10.1. The first-order chi connectivity index (χ1) is 7.61. The Morgan fingerprint density at radius 2 is 2.12 bits per heavy atom. The molecule has 1 rings (SSSR count). The van der Waals surface area contributed by atoms with Crippen LogP contribution in [0.2, 0.25) is 0 Å². The predicted octanol–water partition coefficient (Wildman–Crippen LogP) is 0.434. The molecule has 1 saturated heterocycles. The smallest absolute Gasteiger partial charge is 0.279 e. The minimum atomic E-state index is -3.33. The van der Waals surface area contributed by atoms with Crippen molar-refractivity contribution in [1.82, 2.24) is 9.03 Å². The SMILES string of the molecule is CCCNS(=O)(=O)N1CCCCCC1CN. The molecule has 1 aliphatic rings. The molecule has 1 aliphatic heterocycles. The van der Waals surface area contributed by atoms with Crippen molar-refractivity contribution in [3.8, 4) is 0 Å². The van der Waals surface area contributed by atoms with Crippen molar-refractivity contribution in [1.29, 1.82) is 0 Å². The average molecular weight is 249 g/mol. The summed E-state index contributed by atoms with van der Waals surface area (Å²) >= 11 is 0. The maximum Gasteiger partial charge on any atom is 0.279 e. The van der Waals surface area contributed by atoms with E-state index in [1.165, 1.54) is 0 Å². The van der Waals surface area contributed by atoms with Crippen LogP contribution < -0.4 is 10.5 Å². The van der Waals surface area contributed by atoms with Crippen LogP contribution in [-0.4, -0.2) is 38.4 Å². The van der Waals surface area contributed by atoms with Crippen molar-refractivity contribution >= 4 is 10.2 Å². The van der Waals surface area contributed by atoms with Crippen LogP contribution in [0, 0.1) is 0 Å². The summed E-state index contributed by atoms with van der Waals surface area (Å²) in [7, 11) is -3.33. The van der Waals surface area contributed by atoms with Gasteiger partial charge in [0.1, 0.15) is 0 Å². The van der Waals surface area contributed by atoms with E-state index in [9.17, 15) is 8.42 Å². The highest BCUT2D eigenvalue weighted by Crippen LogP contribution is 2.18. The maximum absolute atomic E-state index is 12.0.